The van der Waals surface area contributed by atoms with Crippen LogP contribution < -0.4 is 0 Å². The normalized spacial score (nSPS) is 14.9. The van der Waals surface area contributed by atoms with Crippen LogP contribution in [-0.4, -0.2) is 42.7 Å². The number of halogens is 6. The Morgan fingerprint density at radius 2 is 1.86 bits per heavy atom. The predicted octanol–water partition coefficient (Wildman–Crippen LogP) is 3.95. The molecule has 0 spiro atoms. The summed E-state index contributed by atoms with van der Waals surface area (Å²) in [5.41, 5.74) is 0.899. The van der Waals surface area contributed by atoms with Crippen LogP contribution in [0.4, 0.5) is 26.3 Å². The van der Waals surface area contributed by atoms with E-state index in [1.165, 1.54) is 35.2 Å². The Kier molecular flexibility index (Phi) is 5.32. The number of hydrogen-bond donors (Lipinski definition) is 0. The molecule has 3 aromatic heterocycles. The Balaban J connectivity index is 1.81. The molecule has 158 valence electrons. The highest BCUT2D eigenvalue weighted by Gasteiger charge is 2.38. The van der Waals surface area contributed by atoms with Crippen LogP contribution in [0.1, 0.15) is 18.0 Å². The zero-order chi connectivity index (χ0) is 21.4. The topological polar surface area (TPSA) is 85.7 Å². The Labute approximate surface area is 159 Å². The molecule has 3 rings (SSSR count). The Morgan fingerprint density at radius 3 is 2.48 bits per heavy atom. The van der Waals surface area contributed by atoms with E-state index in [1.807, 2.05) is 0 Å². The van der Waals surface area contributed by atoms with Crippen LogP contribution in [0.2, 0.25) is 0 Å². The van der Waals surface area contributed by atoms with Gasteiger partial charge in [-0.25, -0.2) is 13.6 Å². The number of alkyl halides is 6. The quantitative estimate of drug-likeness (QED) is 0.560. The first kappa shape index (κ1) is 21.1. The van der Waals surface area contributed by atoms with Gasteiger partial charge in [0.05, 0.1) is 24.4 Å². The lowest BCUT2D eigenvalue weighted by atomic mass is 10.3. The van der Waals surface area contributed by atoms with Crippen molar-refractivity contribution in [3.8, 4) is 11.4 Å². The van der Waals surface area contributed by atoms with Gasteiger partial charge < -0.3 is 8.92 Å². The van der Waals surface area contributed by atoms with Crippen LogP contribution in [0.5, 0.6) is 0 Å². The highest BCUT2D eigenvalue weighted by Crippen LogP contribution is 2.29. The summed E-state index contributed by atoms with van der Waals surface area (Å²) in [7, 11) is -2.95. The van der Waals surface area contributed by atoms with Crippen molar-refractivity contribution in [1.29, 1.82) is 0 Å². The monoisotopic (exact) mass is 441 g/mol. The zero-order valence-corrected chi connectivity index (χ0v) is 15.5. The lowest BCUT2D eigenvalue weighted by Crippen LogP contribution is -2.10. The van der Waals surface area contributed by atoms with Crippen molar-refractivity contribution in [2.45, 2.75) is 24.5 Å². The molecule has 0 aliphatic carbocycles. The molecule has 3 aromatic rings. The number of pyridine rings is 1. The molecule has 0 amide bonds. The van der Waals surface area contributed by atoms with E-state index >= 15 is 0 Å². The molecular weight excluding hydrogens is 428 g/mol. The molecule has 0 fully saturated rings. The summed E-state index contributed by atoms with van der Waals surface area (Å²) in [6.07, 6.45) is -6.25. The predicted molar refractivity (Wildman–Crippen MR) is 89.2 cm³/mol. The molecular formula is C15H13F6N5O2S. The van der Waals surface area contributed by atoms with E-state index in [2.05, 4.69) is 24.0 Å². The van der Waals surface area contributed by atoms with Crippen LogP contribution in [0.15, 0.2) is 33.4 Å². The number of aromatic nitrogens is 4. The lowest BCUT2D eigenvalue weighted by Gasteiger charge is -2.05. The highest BCUT2D eigenvalue weighted by molar-refractivity contribution is 7.92. The average molecular weight is 441 g/mol. The molecule has 29 heavy (non-hydrogen) atoms. The van der Waals surface area contributed by atoms with Gasteiger partial charge in [0.2, 0.25) is 5.82 Å². The molecule has 1 atom stereocenters. The van der Waals surface area contributed by atoms with Crippen LogP contribution in [-0.2, 0) is 21.7 Å². The van der Waals surface area contributed by atoms with Gasteiger partial charge in [-0.05, 0) is 12.1 Å². The largest absolute Gasteiger partial charge is 0.471 e. The third-order valence-corrected chi connectivity index (χ3v) is 5.16. The summed E-state index contributed by atoms with van der Waals surface area (Å²) < 4.78 is 95.9. The lowest BCUT2D eigenvalue weighted by molar-refractivity contribution is -0.159. The zero-order valence-electron chi connectivity index (χ0n) is 14.7. The summed E-state index contributed by atoms with van der Waals surface area (Å²) >= 11 is 0. The number of fused-ring (bicyclic) bond motifs is 1. The Bertz CT molecular complexity index is 1140. The van der Waals surface area contributed by atoms with E-state index in [0.29, 0.717) is 11.3 Å². The van der Waals surface area contributed by atoms with Crippen molar-refractivity contribution in [2.75, 3.05) is 12.8 Å². The molecule has 14 heteroatoms. The van der Waals surface area contributed by atoms with Crippen molar-refractivity contribution in [2.24, 2.45) is 4.36 Å². The standard InChI is InChI=1S/C15H13F6N5O2S/c1-29(27,22-5-4-14(16,17)18)8-10-7-26-6-9(2-3-11(26)23-10)12-24-13(28-25-12)15(19,20)21/h2-3,6-7H,4-5,8H2,1H3. The van der Waals surface area contributed by atoms with E-state index < -0.39 is 40.9 Å². The van der Waals surface area contributed by atoms with Crippen molar-refractivity contribution in [1.82, 2.24) is 19.5 Å². The third kappa shape index (κ3) is 5.46. The molecule has 0 aliphatic rings. The fourth-order valence-corrected chi connectivity index (χ4v) is 3.64. The van der Waals surface area contributed by atoms with Gasteiger partial charge in [-0.3, -0.25) is 0 Å². The SMILES string of the molecule is CS(=O)(Cc1cn2cc(-c3noc(C(F)(F)F)n3)ccc2n1)=NCCC(F)(F)F. The van der Waals surface area contributed by atoms with Crippen LogP contribution in [0, 0.1) is 0 Å². The van der Waals surface area contributed by atoms with Gasteiger partial charge in [0, 0.05) is 33.9 Å². The molecule has 0 radical (unpaired) electrons. The van der Waals surface area contributed by atoms with E-state index in [9.17, 15) is 30.6 Å². The second kappa shape index (κ2) is 7.31. The third-order valence-electron chi connectivity index (χ3n) is 3.60. The summed E-state index contributed by atoms with van der Waals surface area (Å²) in [6, 6.07) is 2.90. The molecule has 7 nitrogen and oxygen atoms in total. The number of nitrogens with zero attached hydrogens (tertiary/aromatic N) is 5. The summed E-state index contributed by atoms with van der Waals surface area (Å²) in [4.78, 5) is 7.48. The van der Waals surface area contributed by atoms with Gasteiger partial charge in [-0.15, -0.1) is 0 Å². The van der Waals surface area contributed by atoms with Crippen LogP contribution >= 0.6 is 0 Å². The molecule has 0 bridgehead atoms. The van der Waals surface area contributed by atoms with E-state index in [0.717, 1.165) is 0 Å². The van der Waals surface area contributed by atoms with Gasteiger partial charge in [0.1, 0.15) is 5.65 Å². The fraction of sp³-hybridized carbons (Fsp3) is 0.400. The van der Waals surface area contributed by atoms with Crippen molar-refractivity contribution < 1.29 is 35.1 Å². The number of rotatable bonds is 5. The van der Waals surface area contributed by atoms with Crippen molar-refractivity contribution in [3.05, 3.63) is 36.1 Å². The number of imidazole rings is 1. The highest BCUT2D eigenvalue weighted by atomic mass is 32.2. The molecule has 1 unspecified atom stereocenters. The molecule has 0 saturated heterocycles. The first-order valence-electron chi connectivity index (χ1n) is 7.94. The average Bonchev–Trinajstić information content (AvgIpc) is 3.17. The van der Waals surface area contributed by atoms with Gasteiger partial charge in [0.15, 0.2) is 0 Å². The Morgan fingerprint density at radius 1 is 1.14 bits per heavy atom. The van der Waals surface area contributed by atoms with Crippen molar-refractivity contribution >= 4 is 15.4 Å². The first-order valence-corrected chi connectivity index (χ1v) is 10.0. The summed E-state index contributed by atoms with van der Waals surface area (Å²) in [6.45, 7) is -0.615. The second-order valence-corrected chi connectivity index (χ2v) is 8.62. The minimum Gasteiger partial charge on any atom is -0.329 e. The minimum atomic E-state index is -4.77. The summed E-state index contributed by atoms with van der Waals surface area (Å²) in [5.74, 6) is -1.94. The molecule has 0 N–H and O–H groups in total. The fourth-order valence-electron chi connectivity index (χ4n) is 2.39. The molecule has 0 saturated carbocycles. The first-order chi connectivity index (χ1) is 13.3. The maximum atomic E-state index is 12.6. The van der Waals surface area contributed by atoms with Crippen molar-refractivity contribution in [3.63, 3.8) is 0 Å². The van der Waals surface area contributed by atoms with Gasteiger partial charge in [0.25, 0.3) is 0 Å². The van der Waals surface area contributed by atoms with Gasteiger partial charge in [-0.1, -0.05) is 5.16 Å². The van der Waals surface area contributed by atoms with E-state index in [1.54, 1.807) is 0 Å². The molecule has 0 aromatic carbocycles. The minimum absolute atomic E-state index is 0.178. The smallest absolute Gasteiger partial charge is 0.329 e. The summed E-state index contributed by atoms with van der Waals surface area (Å²) in [5, 5.41) is 3.29. The van der Waals surface area contributed by atoms with E-state index in [-0.39, 0.29) is 17.1 Å². The molecule has 3 heterocycles. The van der Waals surface area contributed by atoms with Crippen LogP contribution in [0.25, 0.3) is 17.0 Å². The molecule has 0 aliphatic heterocycles. The van der Waals surface area contributed by atoms with E-state index in [4.69, 9.17) is 0 Å². The maximum absolute atomic E-state index is 12.6. The Hall–Kier alpha value is -2.64. The van der Waals surface area contributed by atoms with Crippen LogP contribution in [0.3, 0.4) is 0 Å². The second-order valence-electron chi connectivity index (χ2n) is 6.16. The number of hydrogen-bond acceptors (Lipinski definition) is 6. The van der Waals surface area contributed by atoms with Gasteiger partial charge in [-0.2, -0.15) is 31.3 Å². The maximum Gasteiger partial charge on any atom is 0.471 e. The van der Waals surface area contributed by atoms with Gasteiger partial charge >= 0.3 is 18.2 Å².